The van der Waals surface area contributed by atoms with Gasteiger partial charge >= 0.3 is 0 Å². The van der Waals surface area contributed by atoms with Crippen LogP contribution in [0, 0.1) is 5.41 Å². The van der Waals surface area contributed by atoms with Crippen molar-refractivity contribution in [3.63, 3.8) is 0 Å². The van der Waals surface area contributed by atoms with Gasteiger partial charge in [-0.3, -0.25) is 4.79 Å². The maximum absolute atomic E-state index is 10.8. The topological polar surface area (TPSA) is 51.4 Å². The van der Waals surface area contributed by atoms with E-state index in [1.165, 1.54) is 19.3 Å². The van der Waals surface area contributed by atoms with E-state index in [2.05, 4.69) is 13.8 Å². The molecule has 0 aromatic rings. The van der Waals surface area contributed by atoms with E-state index in [1.54, 1.807) is 0 Å². The Labute approximate surface area is 113 Å². The van der Waals surface area contributed by atoms with E-state index >= 15 is 0 Å². The average Bonchev–Trinajstić information content (AvgIpc) is 3.24. The Balaban J connectivity index is 1.61. The molecule has 4 fully saturated rings. The Bertz CT molecular complexity index is 420. The van der Waals surface area contributed by atoms with E-state index in [0.717, 1.165) is 19.3 Å². The van der Waals surface area contributed by atoms with Gasteiger partial charge in [-0.1, -0.05) is 26.7 Å². The highest BCUT2D eigenvalue weighted by Crippen LogP contribution is 2.69. The first-order valence-corrected chi connectivity index (χ1v) is 7.51. The monoisotopic (exact) mass is 266 g/mol. The zero-order chi connectivity index (χ0) is 13.3. The first kappa shape index (κ1) is 12.2. The fraction of sp³-hybridized carbons (Fsp3) is 0.933. The van der Waals surface area contributed by atoms with E-state index in [9.17, 15) is 4.79 Å². The van der Waals surface area contributed by atoms with Crippen LogP contribution in [-0.4, -0.2) is 36.0 Å². The molecule has 2 saturated carbocycles. The first-order chi connectivity index (χ1) is 9.06. The van der Waals surface area contributed by atoms with E-state index < -0.39 is 0 Å². The number of fused-ring (bicyclic) bond motifs is 3. The van der Waals surface area contributed by atoms with Crippen LogP contribution >= 0.6 is 0 Å². The summed E-state index contributed by atoms with van der Waals surface area (Å²) in [6.07, 6.45) is 7.17. The highest BCUT2D eigenvalue weighted by atomic mass is 16.7. The molecule has 4 rings (SSSR count). The van der Waals surface area contributed by atoms with Gasteiger partial charge in [0.1, 0.15) is 23.4 Å². The van der Waals surface area contributed by atoms with Gasteiger partial charge in [0.15, 0.2) is 0 Å². The second-order valence-corrected chi connectivity index (χ2v) is 7.31. The lowest BCUT2D eigenvalue weighted by Gasteiger charge is -2.39. The highest BCUT2D eigenvalue weighted by Gasteiger charge is 2.83. The fourth-order valence-electron chi connectivity index (χ4n) is 4.66. The van der Waals surface area contributed by atoms with Crippen LogP contribution in [0.25, 0.3) is 0 Å². The van der Waals surface area contributed by atoms with Gasteiger partial charge in [0.2, 0.25) is 0 Å². The lowest BCUT2D eigenvalue weighted by molar-refractivity contribution is -0.142. The van der Waals surface area contributed by atoms with Gasteiger partial charge in [0.25, 0.3) is 6.47 Å². The Kier molecular flexibility index (Phi) is 2.26. The molecule has 5 unspecified atom stereocenters. The third-order valence-corrected chi connectivity index (χ3v) is 5.92. The number of ether oxygens (including phenoxy) is 3. The predicted molar refractivity (Wildman–Crippen MR) is 67.6 cm³/mol. The Morgan fingerprint density at radius 1 is 1.11 bits per heavy atom. The molecule has 5 atom stereocenters. The van der Waals surface area contributed by atoms with Crippen LogP contribution in [0.4, 0.5) is 0 Å². The van der Waals surface area contributed by atoms with Crippen molar-refractivity contribution in [3.05, 3.63) is 0 Å². The molecule has 0 radical (unpaired) electrons. The second kappa shape index (κ2) is 3.53. The molecule has 0 N–H and O–H groups in total. The maximum atomic E-state index is 10.8. The van der Waals surface area contributed by atoms with Crippen molar-refractivity contribution in [1.29, 1.82) is 0 Å². The summed E-state index contributed by atoms with van der Waals surface area (Å²) >= 11 is 0. The number of rotatable bonds is 3. The van der Waals surface area contributed by atoms with Crippen LogP contribution in [0.5, 0.6) is 0 Å². The molecule has 4 aliphatic rings. The standard InChI is InChI=1S/C15H22O4/c1-13(2)7-8-15(12(19-15)11(13)17-9-16)14-6-4-3-5-10(14)18-14/h9-12H,3-8H2,1-2H3. The summed E-state index contributed by atoms with van der Waals surface area (Å²) in [7, 11) is 0. The lowest BCUT2D eigenvalue weighted by atomic mass is 9.65. The lowest BCUT2D eigenvalue weighted by Crippen LogP contribution is -2.50. The summed E-state index contributed by atoms with van der Waals surface area (Å²) in [4.78, 5) is 10.8. The summed E-state index contributed by atoms with van der Waals surface area (Å²) in [5, 5.41) is 0. The summed E-state index contributed by atoms with van der Waals surface area (Å²) in [5.74, 6) is 0. The number of epoxide rings is 2. The molecule has 4 nitrogen and oxygen atoms in total. The Hall–Kier alpha value is -0.610. The molecular weight excluding hydrogens is 244 g/mol. The molecule has 106 valence electrons. The summed E-state index contributed by atoms with van der Waals surface area (Å²) in [6.45, 7) is 4.90. The SMILES string of the molecule is CC1(C)CCC2(C34CCCCC3O4)OC2C1OC=O. The molecule has 2 aliphatic carbocycles. The van der Waals surface area contributed by atoms with Gasteiger partial charge in [-0.15, -0.1) is 0 Å². The highest BCUT2D eigenvalue weighted by molar-refractivity contribution is 5.40. The maximum Gasteiger partial charge on any atom is 0.293 e. The van der Waals surface area contributed by atoms with Crippen molar-refractivity contribution >= 4 is 6.47 Å². The zero-order valence-corrected chi connectivity index (χ0v) is 11.7. The second-order valence-electron chi connectivity index (χ2n) is 7.31. The van der Waals surface area contributed by atoms with Crippen molar-refractivity contribution in [2.45, 2.75) is 81.9 Å². The molecule has 0 bridgehead atoms. The third-order valence-electron chi connectivity index (χ3n) is 5.92. The van der Waals surface area contributed by atoms with Gasteiger partial charge in [0, 0.05) is 5.41 Å². The van der Waals surface area contributed by atoms with Gasteiger partial charge in [-0.25, -0.2) is 0 Å². The molecule has 0 amide bonds. The number of carbonyl (C=O) groups is 1. The van der Waals surface area contributed by atoms with Gasteiger partial charge in [-0.2, -0.15) is 0 Å². The Morgan fingerprint density at radius 3 is 2.68 bits per heavy atom. The smallest absolute Gasteiger partial charge is 0.293 e. The number of hydrogen-bond acceptors (Lipinski definition) is 4. The molecule has 2 saturated heterocycles. The summed E-state index contributed by atoms with van der Waals surface area (Å²) in [5.41, 5.74) is -0.195. The van der Waals surface area contributed by atoms with Crippen molar-refractivity contribution in [1.82, 2.24) is 0 Å². The van der Waals surface area contributed by atoms with Gasteiger partial charge in [0.05, 0.1) is 6.10 Å². The number of carbonyl (C=O) groups excluding carboxylic acids is 1. The normalized spacial score (nSPS) is 53.7. The van der Waals surface area contributed by atoms with Crippen LogP contribution in [0.15, 0.2) is 0 Å². The summed E-state index contributed by atoms with van der Waals surface area (Å²) in [6, 6.07) is 0. The van der Waals surface area contributed by atoms with Crippen LogP contribution in [-0.2, 0) is 19.0 Å². The van der Waals surface area contributed by atoms with Crippen molar-refractivity contribution in [2.75, 3.05) is 0 Å². The average molecular weight is 266 g/mol. The first-order valence-electron chi connectivity index (χ1n) is 7.51. The van der Waals surface area contributed by atoms with Crippen LogP contribution in [0.3, 0.4) is 0 Å². The quantitative estimate of drug-likeness (QED) is 0.580. The largest absolute Gasteiger partial charge is 0.461 e. The molecule has 0 aromatic carbocycles. The predicted octanol–water partition coefficient (Wildman–Crippen LogP) is 2.20. The molecule has 2 heterocycles. The van der Waals surface area contributed by atoms with Crippen LogP contribution in [0.2, 0.25) is 0 Å². The van der Waals surface area contributed by atoms with E-state index in [1.807, 2.05) is 0 Å². The van der Waals surface area contributed by atoms with E-state index in [4.69, 9.17) is 14.2 Å². The van der Waals surface area contributed by atoms with Crippen molar-refractivity contribution in [3.8, 4) is 0 Å². The van der Waals surface area contributed by atoms with Gasteiger partial charge < -0.3 is 14.2 Å². The van der Waals surface area contributed by atoms with E-state index in [-0.39, 0.29) is 28.8 Å². The van der Waals surface area contributed by atoms with Crippen LogP contribution in [0.1, 0.15) is 52.4 Å². The van der Waals surface area contributed by atoms with Crippen LogP contribution < -0.4 is 0 Å². The third kappa shape index (κ3) is 1.39. The van der Waals surface area contributed by atoms with Crippen molar-refractivity contribution in [2.24, 2.45) is 5.41 Å². The minimum atomic E-state index is -0.152. The fourth-order valence-corrected chi connectivity index (χ4v) is 4.66. The minimum absolute atomic E-state index is 0.00126. The molecule has 0 spiro atoms. The zero-order valence-electron chi connectivity index (χ0n) is 11.7. The number of hydrogen-bond donors (Lipinski definition) is 0. The van der Waals surface area contributed by atoms with E-state index in [0.29, 0.717) is 12.6 Å². The molecule has 19 heavy (non-hydrogen) atoms. The molecule has 0 aromatic heterocycles. The summed E-state index contributed by atoms with van der Waals surface area (Å²) < 4.78 is 17.6. The Morgan fingerprint density at radius 2 is 1.95 bits per heavy atom. The molecule has 2 aliphatic heterocycles. The minimum Gasteiger partial charge on any atom is -0.461 e. The molecule has 4 heteroatoms. The molecular formula is C15H22O4. The van der Waals surface area contributed by atoms with Gasteiger partial charge in [-0.05, 0) is 25.7 Å². The van der Waals surface area contributed by atoms with Crippen molar-refractivity contribution < 1.29 is 19.0 Å².